The number of alkyl halides is 3. The third-order valence-electron chi connectivity index (χ3n) is 1.02. The van der Waals surface area contributed by atoms with Gasteiger partial charge in [0.25, 0.3) is 0 Å². The van der Waals surface area contributed by atoms with Gasteiger partial charge >= 0.3 is 18.1 Å². The summed E-state index contributed by atoms with van der Waals surface area (Å²) < 4.78 is 34.7. The van der Waals surface area contributed by atoms with Crippen LogP contribution in [-0.2, 0) is 9.59 Å². The van der Waals surface area contributed by atoms with E-state index in [-0.39, 0.29) is 0 Å². The Balaban J connectivity index is 4.46. The van der Waals surface area contributed by atoms with Crippen LogP contribution in [0.4, 0.5) is 13.2 Å². The van der Waals surface area contributed by atoms with Crippen LogP contribution >= 0.6 is 0 Å². The van der Waals surface area contributed by atoms with E-state index in [1.54, 1.807) is 0 Å². The highest BCUT2D eigenvalue weighted by molar-refractivity contribution is 5.94. The zero-order chi connectivity index (χ0) is 10.6. The van der Waals surface area contributed by atoms with E-state index >= 15 is 0 Å². The molecular weight excluding hydrogens is 191 g/mol. The van der Waals surface area contributed by atoms with Gasteiger partial charge in [0.15, 0.2) is 0 Å². The molecule has 74 valence electrons. The van der Waals surface area contributed by atoms with Crippen molar-refractivity contribution in [2.75, 3.05) is 0 Å². The van der Waals surface area contributed by atoms with Gasteiger partial charge in [0.2, 0.25) is 0 Å². The molecule has 0 fully saturated rings. The van der Waals surface area contributed by atoms with E-state index in [0.717, 1.165) is 6.08 Å². The molecule has 0 saturated heterocycles. The van der Waals surface area contributed by atoms with Crippen LogP contribution in [0, 0.1) is 0 Å². The molecule has 0 saturated carbocycles. The highest BCUT2D eigenvalue weighted by Gasteiger charge is 2.39. The number of carboxylic acid groups (broad SMARTS) is 1. The maximum Gasteiger partial charge on any atom is 0.471 e. The summed E-state index contributed by atoms with van der Waals surface area (Å²) in [5.41, 5.74) is -0.803. The SMILES string of the molecule is CC=C(NC(=O)C(F)(F)F)C(=O)O. The molecule has 0 radical (unpaired) electrons. The summed E-state index contributed by atoms with van der Waals surface area (Å²) in [5, 5.41) is 9.44. The number of carboxylic acids is 1. The fourth-order valence-electron chi connectivity index (χ4n) is 0.442. The lowest BCUT2D eigenvalue weighted by Gasteiger charge is -2.07. The number of halogens is 3. The fourth-order valence-corrected chi connectivity index (χ4v) is 0.442. The van der Waals surface area contributed by atoms with Crippen LogP contribution in [0.1, 0.15) is 6.92 Å². The highest BCUT2D eigenvalue weighted by atomic mass is 19.4. The van der Waals surface area contributed by atoms with Crippen LogP contribution in [0.3, 0.4) is 0 Å². The zero-order valence-corrected chi connectivity index (χ0v) is 6.47. The van der Waals surface area contributed by atoms with Gasteiger partial charge in [-0.05, 0) is 6.92 Å². The van der Waals surface area contributed by atoms with Gasteiger partial charge in [0.05, 0.1) is 0 Å². The van der Waals surface area contributed by atoms with E-state index in [1.807, 2.05) is 0 Å². The molecule has 0 bridgehead atoms. The summed E-state index contributed by atoms with van der Waals surface area (Å²) in [6.07, 6.45) is -4.23. The smallest absolute Gasteiger partial charge is 0.471 e. The van der Waals surface area contributed by atoms with Crippen molar-refractivity contribution in [3.63, 3.8) is 0 Å². The minimum absolute atomic E-state index is 0.803. The zero-order valence-electron chi connectivity index (χ0n) is 6.47. The number of nitrogens with one attached hydrogen (secondary N) is 1. The van der Waals surface area contributed by atoms with Crippen LogP contribution in [0.2, 0.25) is 0 Å². The molecule has 0 spiro atoms. The molecule has 0 heterocycles. The van der Waals surface area contributed by atoms with Crippen molar-refractivity contribution in [3.8, 4) is 0 Å². The summed E-state index contributed by atoms with van der Waals surface area (Å²) in [4.78, 5) is 20.3. The summed E-state index contributed by atoms with van der Waals surface area (Å²) >= 11 is 0. The number of amides is 1. The van der Waals surface area contributed by atoms with Crippen LogP contribution in [0.15, 0.2) is 11.8 Å². The van der Waals surface area contributed by atoms with Gasteiger partial charge in [-0.3, -0.25) is 4.79 Å². The first-order valence-electron chi connectivity index (χ1n) is 3.06. The Labute approximate surface area is 71.0 Å². The molecule has 4 nitrogen and oxygen atoms in total. The van der Waals surface area contributed by atoms with Gasteiger partial charge in [-0.2, -0.15) is 13.2 Å². The first kappa shape index (κ1) is 11.5. The van der Waals surface area contributed by atoms with E-state index in [0.29, 0.717) is 0 Å². The molecule has 0 aliphatic carbocycles. The molecule has 0 aromatic rings. The Hall–Kier alpha value is -1.53. The van der Waals surface area contributed by atoms with Crippen molar-refractivity contribution in [1.29, 1.82) is 0 Å². The standard InChI is InChI=1S/C6H6F3NO3/c1-2-3(4(11)12)10-5(13)6(7,8)9/h2H,1H3,(H,10,13)(H,11,12). The second kappa shape index (κ2) is 3.92. The number of hydrogen-bond acceptors (Lipinski definition) is 2. The van der Waals surface area contributed by atoms with Crippen molar-refractivity contribution < 1.29 is 27.9 Å². The van der Waals surface area contributed by atoms with E-state index in [1.165, 1.54) is 12.2 Å². The van der Waals surface area contributed by atoms with E-state index in [4.69, 9.17) is 5.11 Å². The summed E-state index contributed by atoms with van der Waals surface area (Å²) in [5.74, 6) is -3.93. The summed E-state index contributed by atoms with van der Waals surface area (Å²) in [7, 11) is 0. The number of aliphatic carboxylic acids is 1. The third-order valence-corrected chi connectivity index (χ3v) is 1.02. The van der Waals surface area contributed by atoms with E-state index in [9.17, 15) is 22.8 Å². The maximum atomic E-state index is 11.6. The largest absolute Gasteiger partial charge is 0.477 e. The second-order valence-corrected chi connectivity index (χ2v) is 1.96. The molecular formula is C6H6F3NO3. The van der Waals surface area contributed by atoms with Gasteiger partial charge < -0.3 is 10.4 Å². The van der Waals surface area contributed by atoms with E-state index < -0.39 is 23.7 Å². The minimum Gasteiger partial charge on any atom is -0.477 e. The molecule has 0 aliphatic heterocycles. The molecule has 1 amide bonds. The van der Waals surface area contributed by atoms with Gasteiger partial charge in [0, 0.05) is 0 Å². The lowest BCUT2D eigenvalue weighted by molar-refractivity contribution is -0.173. The van der Waals surface area contributed by atoms with E-state index in [2.05, 4.69) is 0 Å². The van der Waals surface area contributed by atoms with Crippen LogP contribution in [0.5, 0.6) is 0 Å². The number of hydrogen-bond donors (Lipinski definition) is 2. The number of allylic oxidation sites excluding steroid dienone is 1. The topological polar surface area (TPSA) is 66.4 Å². The third kappa shape index (κ3) is 3.59. The Morgan fingerprint density at radius 1 is 1.38 bits per heavy atom. The monoisotopic (exact) mass is 197 g/mol. The molecule has 0 aromatic carbocycles. The van der Waals surface area contributed by atoms with Crippen molar-refractivity contribution in [2.24, 2.45) is 0 Å². The highest BCUT2D eigenvalue weighted by Crippen LogP contribution is 2.14. The Morgan fingerprint density at radius 2 is 1.85 bits per heavy atom. The van der Waals surface area contributed by atoms with Gasteiger partial charge in [-0.25, -0.2) is 4.79 Å². The normalized spacial score (nSPS) is 12.5. The molecule has 13 heavy (non-hydrogen) atoms. The number of rotatable bonds is 2. The molecule has 0 atom stereocenters. The average molecular weight is 197 g/mol. The van der Waals surface area contributed by atoms with Gasteiger partial charge in [-0.15, -0.1) is 0 Å². The molecule has 7 heteroatoms. The first-order chi connectivity index (χ1) is 5.79. The van der Waals surface area contributed by atoms with Crippen LogP contribution < -0.4 is 5.32 Å². The quantitative estimate of drug-likeness (QED) is 0.639. The Bertz CT molecular complexity index is 256. The van der Waals surface area contributed by atoms with Crippen LogP contribution in [0.25, 0.3) is 0 Å². The van der Waals surface area contributed by atoms with Crippen molar-refractivity contribution in [3.05, 3.63) is 11.8 Å². The Kier molecular flexibility index (Phi) is 3.46. The number of carbonyl (C=O) groups excluding carboxylic acids is 1. The lowest BCUT2D eigenvalue weighted by atomic mass is 10.4. The molecule has 0 rings (SSSR count). The van der Waals surface area contributed by atoms with Crippen molar-refractivity contribution in [2.45, 2.75) is 13.1 Å². The predicted octanol–water partition coefficient (Wildman–Crippen LogP) is 0.653. The van der Waals surface area contributed by atoms with Crippen molar-refractivity contribution in [1.82, 2.24) is 5.32 Å². The molecule has 0 unspecified atom stereocenters. The first-order valence-corrected chi connectivity index (χ1v) is 3.06. The second-order valence-electron chi connectivity index (χ2n) is 1.96. The van der Waals surface area contributed by atoms with Gasteiger partial charge in [-0.1, -0.05) is 6.08 Å². The summed E-state index contributed by atoms with van der Waals surface area (Å²) in [6.45, 7) is 1.19. The molecule has 2 N–H and O–H groups in total. The molecule has 0 aliphatic rings. The fraction of sp³-hybridized carbons (Fsp3) is 0.333. The predicted molar refractivity (Wildman–Crippen MR) is 35.6 cm³/mol. The van der Waals surface area contributed by atoms with Crippen LogP contribution in [-0.4, -0.2) is 23.2 Å². The van der Waals surface area contributed by atoms with Crippen molar-refractivity contribution >= 4 is 11.9 Å². The maximum absolute atomic E-state index is 11.6. The Morgan fingerprint density at radius 3 is 2.08 bits per heavy atom. The molecule has 0 aromatic heterocycles. The minimum atomic E-state index is -5.08. The average Bonchev–Trinajstić information content (AvgIpc) is 1.96. The van der Waals surface area contributed by atoms with Gasteiger partial charge in [0.1, 0.15) is 5.70 Å². The lowest BCUT2D eigenvalue weighted by Crippen LogP contribution is -2.38. The summed E-state index contributed by atoms with van der Waals surface area (Å²) in [6, 6.07) is 0. The number of carbonyl (C=O) groups is 2.